The summed E-state index contributed by atoms with van der Waals surface area (Å²) in [6.45, 7) is 4.00. The summed E-state index contributed by atoms with van der Waals surface area (Å²) >= 11 is 0. The Morgan fingerprint density at radius 3 is 2.58 bits per heavy atom. The molecule has 1 fully saturated rings. The summed E-state index contributed by atoms with van der Waals surface area (Å²) in [6, 6.07) is 5.12. The number of carbonyl (C=O) groups is 1. The van der Waals surface area contributed by atoms with Crippen molar-refractivity contribution in [3.63, 3.8) is 0 Å². The molecule has 0 unspecified atom stereocenters. The predicted octanol–water partition coefficient (Wildman–Crippen LogP) is 4.69. The second-order valence-electron chi connectivity index (χ2n) is 6.66. The molecule has 0 radical (unpaired) electrons. The van der Waals surface area contributed by atoms with Crippen LogP contribution in [0, 0.1) is 0 Å². The van der Waals surface area contributed by atoms with Gasteiger partial charge in [-0.1, -0.05) is 19.9 Å². The standard InChI is InChI=1S/C19H22F3N3O/c1-3-14(4-2)24-18(26)16-11-23-25(17(16)12-8-9-12)15-7-5-6-13(10-15)19(20,21)22/h5-7,10-12,14H,3-4,8-9H2,1-2H3,(H,24,26). The molecule has 4 nitrogen and oxygen atoms in total. The van der Waals surface area contributed by atoms with Gasteiger partial charge in [0.1, 0.15) is 0 Å². The molecule has 0 spiro atoms. The van der Waals surface area contributed by atoms with E-state index in [0.717, 1.165) is 37.8 Å². The second-order valence-corrected chi connectivity index (χ2v) is 6.66. The molecule has 140 valence electrons. The monoisotopic (exact) mass is 365 g/mol. The topological polar surface area (TPSA) is 46.9 Å². The van der Waals surface area contributed by atoms with E-state index in [-0.39, 0.29) is 17.9 Å². The average molecular weight is 365 g/mol. The Balaban J connectivity index is 1.97. The van der Waals surface area contributed by atoms with Crippen molar-refractivity contribution in [2.45, 2.75) is 57.7 Å². The molecule has 1 amide bonds. The van der Waals surface area contributed by atoms with Crippen molar-refractivity contribution in [3.8, 4) is 5.69 Å². The molecule has 7 heteroatoms. The van der Waals surface area contributed by atoms with Crippen LogP contribution >= 0.6 is 0 Å². The second kappa shape index (κ2) is 7.13. The third kappa shape index (κ3) is 3.76. The predicted molar refractivity (Wildman–Crippen MR) is 92.4 cm³/mol. The Bertz CT molecular complexity index is 790. The van der Waals surface area contributed by atoms with Crippen molar-refractivity contribution in [2.75, 3.05) is 0 Å². The maximum atomic E-state index is 13.0. The zero-order chi connectivity index (χ0) is 18.9. The zero-order valence-electron chi connectivity index (χ0n) is 14.8. The van der Waals surface area contributed by atoms with Crippen molar-refractivity contribution in [2.24, 2.45) is 0 Å². The van der Waals surface area contributed by atoms with E-state index in [1.165, 1.54) is 16.9 Å². The fourth-order valence-electron chi connectivity index (χ4n) is 3.06. The van der Waals surface area contributed by atoms with Crippen LogP contribution in [0.1, 0.15) is 67.1 Å². The molecule has 2 aromatic rings. The Kier molecular flexibility index (Phi) is 5.07. The molecule has 3 rings (SSSR count). The van der Waals surface area contributed by atoms with E-state index in [1.807, 2.05) is 13.8 Å². The summed E-state index contributed by atoms with van der Waals surface area (Å²) in [5.74, 6) is -0.0479. The molecular formula is C19H22F3N3O. The Hall–Kier alpha value is -2.31. The van der Waals surface area contributed by atoms with Gasteiger partial charge in [0, 0.05) is 12.0 Å². The van der Waals surface area contributed by atoms with E-state index in [2.05, 4.69) is 10.4 Å². The van der Waals surface area contributed by atoms with Crippen molar-refractivity contribution >= 4 is 5.91 Å². The minimum atomic E-state index is -4.42. The highest BCUT2D eigenvalue weighted by Gasteiger charge is 2.34. The van der Waals surface area contributed by atoms with Crippen molar-refractivity contribution in [1.29, 1.82) is 0 Å². The van der Waals surface area contributed by atoms with Gasteiger partial charge in [0.15, 0.2) is 0 Å². The first-order valence-electron chi connectivity index (χ1n) is 8.91. The molecule has 0 atom stereocenters. The van der Waals surface area contributed by atoms with Crippen molar-refractivity contribution in [1.82, 2.24) is 15.1 Å². The summed E-state index contributed by atoms with van der Waals surface area (Å²) in [4.78, 5) is 12.7. The highest BCUT2D eigenvalue weighted by molar-refractivity contribution is 5.95. The lowest BCUT2D eigenvalue weighted by Crippen LogP contribution is -2.34. The summed E-state index contributed by atoms with van der Waals surface area (Å²) in [5, 5.41) is 7.22. The van der Waals surface area contributed by atoms with Gasteiger partial charge in [0.2, 0.25) is 0 Å². The maximum absolute atomic E-state index is 13.0. The Labute approximate surface area is 150 Å². The maximum Gasteiger partial charge on any atom is 0.416 e. The molecule has 1 aromatic carbocycles. The van der Waals surface area contributed by atoms with Crippen LogP contribution < -0.4 is 5.32 Å². The van der Waals surface area contributed by atoms with E-state index in [0.29, 0.717) is 16.9 Å². The molecular weight excluding hydrogens is 343 g/mol. The van der Waals surface area contributed by atoms with Crippen molar-refractivity contribution < 1.29 is 18.0 Å². The number of hydrogen-bond acceptors (Lipinski definition) is 2. The van der Waals surface area contributed by atoms with Crippen LogP contribution in [0.15, 0.2) is 30.5 Å². The number of hydrogen-bond donors (Lipinski definition) is 1. The van der Waals surface area contributed by atoms with Gasteiger partial charge >= 0.3 is 6.18 Å². The quantitative estimate of drug-likeness (QED) is 0.807. The van der Waals surface area contributed by atoms with Crippen LogP contribution in [-0.4, -0.2) is 21.7 Å². The smallest absolute Gasteiger partial charge is 0.349 e. The molecule has 1 saturated carbocycles. The number of rotatable bonds is 6. The summed E-state index contributed by atoms with van der Waals surface area (Å²) in [7, 11) is 0. The molecule has 1 N–H and O–H groups in total. The minimum Gasteiger partial charge on any atom is -0.349 e. The largest absolute Gasteiger partial charge is 0.416 e. The highest BCUT2D eigenvalue weighted by Crippen LogP contribution is 2.42. The molecule has 1 aliphatic carbocycles. The van der Waals surface area contributed by atoms with Gasteiger partial charge in [0.05, 0.1) is 28.7 Å². The van der Waals surface area contributed by atoms with Crippen molar-refractivity contribution in [3.05, 3.63) is 47.3 Å². The molecule has 0 bridgehead atoms. The number of halogens is 3. The minimum absolute atomic E-state index is 0.0754. The Morgan fingerprint density at radius 2 is 2.00 bits per heavy atom. The summed E-state index contributed by atoms with van der Waals surface area (Å²) < 4.78 is 40.5. The first-order valence-corrected chi connectivity index (χ1v) is 8.91. The van der Waals surface area contributed by atoms with E-state index in [4.69, 9.17) is 0 Å². The van der Waals surface area contributed by atoms with Crippen LogP contribution in [0.4, 0.5) is 13.2 Å². The normalized spacial score (nSPS) is 14.7. The van der Waals surface area contributed by atoms with Gasteiger partial charge in [-0.25, -0.2) is 4.68 Å². The van der Waals surface area contributed by atoms with Crippen LogP contribution in [0.25, 0.3) is 5.69 Å². The molecule has 1 aromatic heterocycles. The lowest BCUT2D eigenvalue weighted by molar-refractivity contribution is -0.137. The number of alkyl halides is 3. The summed E-state index contributed by atoms with van der Waals surface area (Å²) in [6.07, 6.45) is 0.515. The van der Waals surface area contributed by atoms with E-state index in [1.54, 1.807) is 6.07 Å². The van der Waals surface area contributed by atoms with Gasteiger partial charge in [-0.2, -0.15) is 18.3 Å². The first kappa shape index (κ1) is 18.5. The van der Waals surface area contributed by atoms with Gasteiger partial charge < -0.3 is 5.32 Å². The molecule has 0 aliphatic heterocycles. The molecule has 26 heavy (non-hydrogen) atoms. The first-order chi connectivity index (χ1) is 12.3. The molecule has 1 aliphatic rings. The SMILES string of the molecule is CCC(CC)NC(=O)c1cnn(-c2cccc(C(F)(F)F)c2)c1C1CC1. The summed E-state index contributed by atoms with van der Waals surface area (Å²) in [5.41, 5.74) is 0.753. The lowest BCUT2D eigenvalue weighted by Gasteiger charge is -2.15. The number of carbonyl (C=O) groups excluding carboxylic acids is 1. The van der Waals surface area contributed by atoms with E-state index >= 15 is 0 Å². The van der Waals surface area contributed by atoms with Crippen LogP contribution in [0.3, 0.4) is 0 Å². The number of nitrogens with zero attached hydrogens (tertiary/aromatic N) is 2. The van der Waals surface area contributed by atoms with Gasteiger partial charge in [-0.05, 0) is 43.9 Å². The third-order valence-electron chi connectivity index (χ3n) is 4.75. The van der Waals surface area contributed by atoms with Crippen LogP contribution in [0.2, 0.25) is 0 Å². The van der Waals surface area contributed by atoms with E-state index in [9.17, 15) is 18.0 Å². The van der Waals surface area contributed by atoms with Gasteiger partial charge in [0.25, 0.3) is 5.91 Å². The zero-order valence-corrected chi connectivity index (χ0v) is 14.8. The number of aromatic nitrogens is 2. The van der Waals surface area contributed by atoms with Gasteiger partial charge in [-0.15, -0.1) is 0 Å². The number of benzene rings is 1. The average Bonchev–Trinajstić information content (AvgIpc) is 3.36. The van der Waals surface area contributed by atoms with Crippen LogP contribution in [-0.2, 0) is 6.18 Å². The fourth-order valence-corrected chi connectivity index (χ4v) is 3.06. The van der Waals surface area contributed by atoms with Gasteiger partial charge in [-0.3, -0.25) is 4.79 Å². The number of nitrogens with one attached hydrogen (secondary N) is 1. The molecule has 0 saturated heterocycles. The fraction of sp³-hybridized carbons (Fsp3) is 0.474. The third-order valence-corrected chi connectivity index (χ3v) is 4.75. The Morgan fingerprint density at radius 1 is 1.31 bits per heavy atom. The lowest BCUT2D eigenvalue weighted by atomic mass is 10.1. The van der Waals surface area contributed by atoms with E-state index < -0.39 is 11.7 Å². The van der Waals surface area contributed by atoms with Crippen LogP contribution in [0.5, 0.6) is 0 Å². The number of amides is 1. The highest BCUT2D eigenvalue weighted by atomic mass is 19.4. The molecule has 1 heterocycles.